The Balaban J connectivity index is 1.70. The smallest absolute Gasteiger partial charge is 0.345 e. The highest BCUT2D eigenvalue weighted by Gasteiger charge is 2.25. The van der Waals surface area contributed by atoms with Crippen LogP contribution in [0.1, 0.15) is 22.8 Å². The number of ether oxygens (including phenoxy) is 3. The van der Waals surface area contributed by atoms with E-state index in [1.807, 2.05) is 32.0 Å². The fourth-order valence-corrected chi connectivity index (χ4v) is 2.92. The summed E-state index contributed by atoms with van der Waals surface area (Å²) in [5.41, 5.74) is 3.29. The molecule has 3 aromatic rings. The predicted molar refractivity (Wildman–Crippen MR) is 118 cm³/mol. The number of methoxy groups -OCH3 is 1. The monoisotopic (exact) mass is 419 g/mol. The molecule has 0 aromatic heterocycles. The maximum atomic E-state index is 12.9. The lowest BCUT2D eigenvalue weighted by molar-refractivity contribution is -0.156. The molecule has 0 aliphatic carbocycles. The number of benzene rings is 3. The van der Waals surface area contributed by atoms with E-state index in [-0.39, 0.29) is 6.61 Å². The van der Waals surface area contributed by atoms with Gasteiger partial charge in [0.25, 0.3) is 5.91 Å². The van der Waals surface area contributed by atoms with Crippen LogP contribution in [0.2, 0.25) is 0 Å². The van der Waals surface area contributed by atoms with Crippen molar-refractivity contribution in [1.29, 1.82) is 0 Å². The third-order valence-electron chi connectivity index (χ3n) is 4.76. The molecule has 3 rings (SSSR count). The molecule has 0 aliphatic rings. The summed E-state index contributed by atoms with van der Waals surface area (Å²) in [6.07, 6.45) is -1.12. The summed E-state index contributed by atoms with van der Waals surface area (Å²) in [7, 11) is 1.55. The number of anilines is 1. The highest BCUT2D eigenvalue weighted by Crippen LogP contribution is 2.23. The minimum Gasteiger partial charge on any atom is -0.497 e. The topological polar surface area (TPSA) is 73.9 Å². The second-order valence-electron chi connectivity index (χ2n) is 7.04. The molecule has 0 saturated carbocycles. The number of hydrogen-bond acceptors (Lipinski definition) is 5. The van der Waals surface area contributed by atoms with Gasteiger partial charge in [-0.25, -0.2) is 4.79 Å². The van der Waals surface area contributed by atoms with Crippen LogP contribution in [0.25, 0.3) is 0 Å². The van der Waals surface area contributed by atoms with Crippen LogP contribution in [-0.4, -0.2) is 25.6 Å². The summed E-state index contributed by atoms with van der Waals surface area (Å²) < 4.78 is 16.2. The van der Waals surface area contributed by atoms with Gasteiger partial charge in [-0.3, -0.25) is 4.79 Å². The molecule has 160 valence electrons. The number of rotatable bonds is 8. The van der Waals surface area contributed by atoms with Gasteiger partial charge >= 0.3 is 5.97 Å². The first-order valence-corrected chi connectivity index (χ1v) is 9.85. The summed E-state index contributed by atoms with van der Waals surface area (Å²) in [5.74, 6) is 0.0526. The second-order valence-corrected chi connectivity index (χ2v) is 7.04. The normalized spacial score (nSPS) is 11.3. The molecule has 1 N–H and O–H groups in total. The summed E-state index contributed by atoms with van der Waals surface area (Å²) in [6, 6.07) is 21.4. The Labute approximate surface area is 181 Å². The Morgan fingerprint density at radius 2 is 1.65 bits per heavy atom. The van der Waals surface area contributed by atoms with Crippen LogP contribution in [0.3, 0.4) is 0 Å². The van der Waals surface area contributed by atoms with Gasteiger partial charge in [-0.05, 0) is 49.2 Å². The van der Waals surface area contributed by atoms with Crippen LogP contribution < -0.4 is 14.8 Å². The minimum absolute atomic E-state index is 0.307. The van der Waals surface area contributed by atoms with E-state index in [1.165, 1.54) is 0 Å². The maximum absolute atomic E-state index is 12.9. The summed E-state index contributed by atoms with van der Waals surface area (Å²) in [4.78, 5) is 25.4. The van der Waals surface area contributed by atoms with Gasteiger partial charge < -0.3 is 19.5 Å². The average molecular weight is 419 g/mol. The summed E-state index contributed by atoms with van der Waals surface area (Å²) in [6.45, 7) is 3.66. The van der Waals surface area contributed by atoms with E-state index in [4.69, 9.17) is 14.2 Å². The number of carbonyl (C=O) groups excluding carboxylic acids is 2. The minimum atomic E-state index is -1.12. The van der Waals surface area contributed by atoms with Gasteiger partial charge in [-0.2, -0.15) is 0 Å². The zero-order valence-electron chi connectivity index (χ0n) is 17.8. The largest absolute Gasteiger partial charge is 0.497 e. The molecular formula is C25H25NO5. The lowest BCUT2D eigenvalue weighted by atomic mass is 10.1. The first-order valence-electron chi connectivity index (χ1n) is 9.85. The Morgan fingerprint density at radius 3 is 2.35 bits per heavy atom. The molecule has 0 heterocycles. The van der Waals surface area contributed by atoms with Gasteiger partial charge in [0.1, 0.15) is 11.5 Å². The summed E-state index contributed by atoms with van der Waals surface area (Å²) in [5, 5.41) is 2.77. The van der Waals surface area contributed by atoms with Crippen molar-refractivity contribution in [2.45, 2.75) is 20.0 Å². The van der Waals surface area contributed by atoms with Gasteiger partial charge in [-0.1, -0.05) is 42.5 Å². The van der Waals surface area contributed by atoms with Crippen LogP contribution >= 0.6 is 0 Å². The van der Waals surface area contributed by atoms with Gasteiger partial charge in [-0.15, -0.1) is 0 Å². The molecule has 31 heavy (non-hydrogen) atoms. The summed E-state index contributed by atoms with van der Waals surface area (Å²) >= 11 is 0. The van der Waals surface area contributed by atoms with Crippen LogP contribution in [0.4, 0.5) is 5.69 Å². The highest BCUT2D eigenvalue weighted by molar-refractivity contribution is 5.96. The molecular weight excluding hydrogens is 394 g/mol. The van der Waals surface area contributed by atoms with Crippen molar-refractivity contribution in [3.63, 3.8) is 0 Å². The van der Waals surface area contributed by atoms with Gasteiger partial charge in [0.05, 0.1) is 7.11 Å². The fraction of sp³-hybridized carbons (Fsp3) is 0.200. The standard InChI is InChI=1S/C25H25NO5/c1-17-12-13-22(14-18(17)2)30-16-23(27)31-24(19-8-5-4-6-9-19)25(28)26-20-10-7-11-21(15-20)29-3/h4-15,24H,16H2,1-3H3,(H,26,28)/t24-/m0/s1. The van der Waals surface area contributed by atoms with Crippen molar-refractivity contribution >= 4 is 17.6 Å². The van der Waals surface area contributed by atoms with E-state index in [1.54, 1.807) is 61.7 Å². The molecule has 6 heteroatoms. The van der Waals surface area contributed by atoms with Crippen molar-refractivity contribution < 1.29 is 23.8 Å². The molecule has 0 radical (unpaired) electrons. The van der Waals surface area contributed by atoms with Crippen LogP contribution in [0, 0.1) is 13.8 Å². The number of amides is 1. The van der Waals surface area contributed by atoms with E-state index in [2.05, 4.69) is 5.32 Å². The molecule has 0 saturated heterocycles. The first kappa shape index (κ1) is 21.9. The average Bonchev–Trinajstić information content (AvgIpc) is 2.79. The second kappa shape index (κ2) is 10.3. The third-order valence-corrected chi connectivity index (χ3v) is 4.76. The fourth-order valence-electron chi connectivity index (χ4n) is 2.92. The number of carbonyl (C=O) groups is 2. The first-order chi connectivity index (χ1) is 15.0. The SMILES string of the molecule is COc1cccc(NC(=O)[C@@H](OC(=O)COc2ccc(C)c(C)c2)c2ccccc2)c1. The zero-order chi connectivity index (χ0) is 22.2. The Kier molecular flexibility index (Phi) is 7.27. The van der Waals surface area contributed by atoms with Crippen molar-refractivity contribution in [3.05, 3.63) is 89.5 Å². The van der Waals surface area contributed by atoms with Crippen LogP contribution in [0.15, 0.2) is 72.8 Å². The van der Waals surface area contributed by atoms with Gasteiger partial charge in [0.15, 0.2) is 6.61 Å². The zero-order valence-corrected chi connectivity index (χ0v) is 17.8. The lowest BCUT2D eigenvalue weighted by Crippen LogP contribution is -2.28. The van der Waals surface area contributed by atoms with Crippen molar-refractivity contribution in [1.82, 2.24) is 0 Å². The molecule has 0 aliphatic heterocycles. The van der Waals surface area contributed by atoms with Crippen LogP contribution in [0.5, 0.6) is 11.5 Å². The molecule has 0 unspecified atom stereocenters. The molecule has 6 nitrogen and oxygen atoms in total. The van der Waals surface area contributed by atoms with Gasteiger partial charge in [0.2, 0.25) is 6.10 Å². The van der Waals surface area contributed by atoms with E-state index >= 15 is 0 Å². The quantitative estimate of drug-likeness (QED) is 0.540. The van der Waals surface area contributed by atoms with Crippen LogP contribution in [-0.2, 0) is 14.3 Å². The molecule has 0 fully saturated rings. The maximum Gasteiger partial charge on any atom is 0.345 e. The Morgan fingerprint density at radius 1 is 0.871 bits per heavy atom. The number of esters is 1. The third kappa shape index (κ3) is 6.09. The molecule has 3 aromatic carbocycles. The molecule has 1 atom stereocenters. The number of nitrogens with one attached hydrogen (secondary N) is 1. The lowest BCUT2D eigenvalue weighted by Gasteiger charge is -2.18. The van der Waals surface area contributed by atoms with E-state index in [0.717, 1.165) is 11.1 Å². The number of hydrogen-bond donors (Lipinski definition) is 1. The van der Waals surface area contributed by atoms with Crippen molar-refractivity contribution in [3.8, 4) is 11.5 Å². The molecule has 0 bridgehead atoms. The number of aryl methyl sites for hydroxylation is 2. The Bertz CT molecular complexity index is 1050. The van der Waals surface area contributed by atoms with Gasteiger partial charge in [0, 0.05) is 17.3 Å². The van der Waals surface area contributed by atoms with E-state index in [0.29, 0.717) is 22.7 Å². The Hall–Kier alpha value is -3.80. The molecule has 1 amide bonds. The van der Waals surface area contributed by atoms with Crippen molar-refractivity contribution in [2.24, 2.45) is 0 Å². The predicted octanol–water partition coefficient (Wildman–Crippen LogP) is 4.61. The van der Waals surface area contributed by atoms with E-state index in [9.17, 15) is 9.59 Å². The van der Waals surface area contributed by atoms with E-state index < -0.39 is 18.0 Å². The van der Waals surface area contributed by atoms with Crippen molar-refractivity contribution in [2.75, 3.05) is 19.0 Å². The highest BCUT2D eigenvalue weighted by atomic mass is 16.6. The molecule has 0 spiro atoms.